The Balaban J connectivity index is 1.79. The zero-order valence-corrected chi connectivity index (χ0v) is 15.2. The first-order valence-corrected chi connectivity index (χ1v) is 8.60. The molecule has 3 aromatic rings. The number of nitrogens with one attached hydrogen (secondary N) is 2. The van der Waals surface area contributed by atoms with Gasteiger partial charge in [0.2, 0.25) is 5.95 Å². The molecule has 0 aliphatic rings. The van der Waals surface area contributed by atoms with E-state index in [1.807, 2.05) is 55.5 Å². The smallest absolute Gasteiger partial charge is 0.274 e. The predicted octanol–water partition coefficient (Wildman–Crippen LogP) is 4.90. The average molecular weight is 346 g/mol. The van der Waals surface area contributed by atoms with Crippen LogP contribution in [0.3, 0.4) is 0 Å². The molecule has 132 valence electrons. The van der Waals surface area contributed by atoms with Gasteiger partial charge in [-0.2, -0.15) is 0 Å². The van der Waals surface area contributed by atoms with Gasteiger partial charge in [-0.3, -0.25) is 4.79 Å². The van der Waals surface area contributed by atoms with Gasteiger partial charge in [-0.1, -0.05) is 44.2 Å². The molecule has 0 aliphatic carbocycles. The SMILES string of the molecule is Cc1cccc(Nc2nccc(C(=O)Nc3ccccc3C(C)C)n2)c1. The lowest BCUT2D eigenvalue weighted by atomic mass is 10.0. The number of rotatable bonds is 5. The summed E-state index contributed by atoms with van der Waals surface area (Å²) in [5, 5.41) is 6.08. The molecule has 0 aliphatic heterocycles. The minimum atomic E-state index is -0.257. The molecule has 0 saturated heterocycles. The zero-order valence-electron chi connectivity index (χ0n) is 15.2. The Morgan fingerprint density at radius 2 is 1.85 bits per heavy atom. The van der Waals surface area contributed by atoms with Crippen LogP contribution < -0.4 is 10.6 Å². The maximum absolute atomic E-state index is 12.6. The Kier molecular flexibility index (Phi) is 5.27. The van der Waals surface area contributed by atoms with E-state index >= 15 is 0 Å². The third-order valence-corrected chi connectivity index (χ3v) is 3.99. The summed E-state index contributed by atoms with van der Waals surface area (Å²) >= 11 is 0. The fourth-order valence-corrected chi connectivity index (χ4v) is 2.70. The minimum Gasteiger partial charge on any atom is -0.324 e. The number of amides is 1. The standard InChI is InChI=1S/C21H22N4O/c1-14(2)17-9-4-5-10-18(17)24-20(26)19-11-12-22-21(25-19)23-16-8-6-7-15(3)13-16/h4-14H,1-3H3,(H,24,26)(H,22,23,25). The van der Waals surface area contributed by atoms with Crippen LogP contribution in [0, 0.1) is 6.92 Å². The van der Waals surface area contributed by atoms with E-state index in [-0.39, 0.29) is 5.91 Å². The topological polar surface area (TPSA) is 66.9 Å². The lowest BCUT2D eigenvalue weighted by Crippen LogP contribution is -2.16. The Hall–Kier alpha value is -3.21. The van der Waals surface area contributed by atoms with Crippen molar-refractivity contribution in [3.63, 3.8) is 0 Å². The molecule has 0 fully saturated rings. The van der Waals surface area contributed by atoms with Crippen molar-refractivity contribution < 1.29 is 4.79 Å². The summed E-state index contributed by atoms with van der Waals surface area (Å²) in [6.07, 6.45) is 1.58. The molecule has 0 spiro atoms. The molecule has 1 amide bonds. The highest BCUT2D eigenvalue weighted by Gasteiger charge is 2.13. The lowest BCUT2D eigenvalue weighted by Gasteiger charge is -2.13. The van der Waals surface area contributed by atoms with Crippen LogP contribution in [0.4, 0.5) is 17.3 Å². The Labute approximate surface area is 153 Å². The molecule has 3 rings (SSSR count). The van der Waals surface area contributed by atoms with Crippen LogP contribution in [0.5, 0.6) is 0 Å². The number of anilines is 3. The summed E-state index contributed by atoms with van der Waals surface area (Å²) < 4.78 is 0. The van der Waals surface area contributed by atoms with Crippen LogP contribution in [0.1, 0.15) is 41.4 Å². The Bertz CT molecular complexity index is 921. The quantitative estimate of drug-likeness (QED) is 0.689. The van der Waals surface area contributed by atoms with Crippen molar-refractivity contribution in [2.75, 3.05) is 10.6 Å². The van der Waals surface area contributed by atoms with E-state index in [0.717, 1.165) is 22.5 Å². The number of hydrogen-bond acceptors (Lipinski definition) is 4. The van der Waals surface area contributed by atoms with Gasteiger partial charge in [0, 0.05) is 17.6 Å². The van der Waals surface area contributed by atoms with Gasteiger partial charge in [-0.05, 0) is 48.2 Å². The molecular weight excluding hydrogens is 324 g/mol. The molecule has 5 heteroatoms. The van der Waals surface area contributed by atoms with Crippen molar-refractivity contribution in [3.8, 4) is 0 Å². The van der Waals surface area contributed by atoms with Crippen molar-refractivity contribution in [3.05, 3.63) is 77.6 Å². The first kappa shape index (κ1) is 17.6. The minimum absolute atomic E-state index is 0.257. The van der Waals surface area contributed by atoms with Crippen LogP contribution in [-0.2, 0) is 0 Å². The first-order valence-electron chi connectivity index (χ1n) is 8.60. The zero-order chi connectivity index (χ0) is 18.5. The number of carbonyl (C=O) groups is 1. The van der Waals surface area contributed by atoms with Gasteiger partial charge in [0.15, 0.2) is 0 Å². The van der Waals surface area contributed by atoms with Gasteiger partial charge in [0.1, 0.15) is 5.69 Å². The van der Waals surface area contributed by atoms with E-state index < -0.39 is 0 Å². The molecular formula is C21H22N4O. The molecule has 0 unspecified atom stereocenters. The number of hydrogen-bond donors (Lipinski definition) is 2. The van der Waals surface area contributed by atoms with E-state index in [2.05, 4.69) is 34.4 Å². The number of carbonyl (C=O) groups excluding carboxylic acids is 1. The summed E-state index contributed by atoms with van der Waals surface area (Å²) in [6, 6.07) is 17.3. The second kappa shape index (κ2) is 7.78. The molecule has 0 radical (unpaired) electrons. The molecule has 2 N–H and O–H groups in total. The Morgan fingerprint density at radius 1 is 1.04 bits per heavy atom. The van der Waals surface area contributed by atoms with Crippen molar-refractivity contribution in [1.29, 1.82) is 0 Å². The summed E-state index contributed by atoms with van der Waals surface area (Å²) in [6.45, 7) is 6.21. The van der Waals surface area contributed by atoms with Gasteiger partial charge in [0.25, 0.3) is 5.91 Å². The van der Waals surface area contributed by atoms with Crippen LogP contribution >= 0.6 is 0 Å². The number of para-hydroxylation sites is 1. The molecule has 0 bridgehead atoms. The van der Waals surface area contributed by atoms with E-state index in [0.29, 0.717) is 17.6 Å². The van der Waals surface area contributed by atoms with E-state index in [4.69, 9.17) is 0 Å². The lowest BCUT2D eigenvalue weighted by molar-refractivity contribution is 0.102. The molecule has 2 aromatic carbocycles. The number of aromatic nitrogens is 2. The highest BCUT2D eigenvalue weighted by molar-refractivity contribution is 6.03. The number of nitrogens with zero attached hydrogens (tertiary/aromatic N) is 2. The number of benzene rings is 2. The van der Waals surface area contributed by atoms with Gasteiger partial charge in [0.05, 0.1) is 0 Å². The van der Waals surface area contributed by atoms with Gasteiger partial charge >= 0.3 is 0 Å². The van der Waals surface area contributed by atoms with Gasteiger partial charge in [-0.25, -0.2) is 9.97 Å². The number of aryl methyl sites for hydroxylation is 1. The van der Waals surface area contributed by atoms with E-state index in [1.165, 1.54) is 0 Å². The highest BCUT2D eigenvalue weighted by atomic mass is 16.1. The third-order valence-electron chi connectivity index (χ3n) is 3.99. The van der Waals surface area contributed by atoms with Gasteiger partial charge in [-0.15, -0.1) is 0 Å². The van der Waals surface area contributed by atoms with E-state index in [1.54, 1.807) is 12.3 Å². The van der Waals surface area contributed by atoms with Crippen LogP contribution in [0.15, 0.2) is 60.8 Å². The van der Waals surface area contributed by atoms with E-state index in [9.17, 15) is 4.79 Å². The van der Waals surface area contributed by atoms with Crippen molar-refractivity contribution in [2.24, 2.45) is 0 Å². The summed E-state index contributed by atoms with van der Waals surface area (Å²) in [4.78, 5) is 21.1. The summed E-state index contributed by atoms with van der Waals surface area (Å²) in [5.41, 5.74) is 4.22. The molecule has 0 saturated carbocycles. The maximum atomic E-state index is 12.6. The highest BCUT2D eigenvalue weighted by Crippen LogP contribution is 2.24. The summed E-state index contributed by atoms with van der Waals surface area (Å²) in [7, 11) is 0. The van der Waals surface area contributed by atoms with Crippen molar-refractivity contribution in [2.45, 2.75) is 26.7 Å². The second-order valence-corrected chi connectivity index (χ2v) is 6.46. The molecule has 1 heterocycles. The molecule has 0 atom stereocenters. The normalized spacial score (nSPS) is 10.6. The van der Waals surface area contributed by atoms with Crippen LogP contribution in [0.2, 0.25) is 0 Å². The third kappa shape index (κ3) is 4.25. The monoisotopic (exact) mass is 346 g/mol. The van der Waals surface area contributed by atoms with Crippen molar-refractivity contribution in [1.82, 2.24) is 9.97 Å². The fourth-order valence-electron chi connectivity index (χ4n) is 2.70. The predicted molar refractivity (Wildman–Crippen MR) is 105 cm³/mol. The molecule has 26 heavy (non-hydrogen) atoms. The Morgan fingerprint density at radius 3 is 2.62 bits per heavy atom. The largest absolute Gasteiger partial charge is 0.324 e. The second-order valence-electron chi connectivity index (χ2n) is 6.46. The summed E-state index contributed by atoms with van der Waals surface area (Å²) in [5.74, 6) is 0.448. The van der Waals surface area contributed by atoms with Gasteiger partial charge < -0.3 is 10.6 Å². The average Bonchev–Trinajstić information content (AvgIpc) is 2.62. The fraction of sp³-hybridized carbons (Fsp3) is 0.190. The molecule has 1 aromatic heterocycles. The van der Waals surface area contributed by atoms with Crippen LogP contribution in [-0.4, -0.2) is 15.9 Å². The molecule has 5 nitrogen and oxygen atoms in total. The maximum Gasteiger partial charge on any atom is 0.274 e. The van der Waals surface area contributed by atoms with Crippen LogP contribution in [0.25, 0.3) is 0 Å². The first-order chi connectivity index (χ1) is 12.5. The van der Waals surface area contributed by atoms with Crippen molar-refractivity contribution >= 4 is 23.2 Å².